The van der Waals surface area contributed by atoms with Crippen LogP contribution in [0.4, 0.5) is 16.2 Å². The van der Waals surface area contributed by atoms with Gasteiger partial charge in [0, 0.05) is 12.0 Å². The summed E-state index contributed by atoms with van der Waals surface area (Å²) in [5.41, 5.74) is 5.33. The predicted molar refractivity (Wildman–Crippen MR) is 143 cm³/mol. The minimum atomic E-state index is -0.779. The number of ether oxygens (including phenoxy) is 1. The first-order valence-corrected chi connectivity index (χ1v) is 12.4. The van der Waals surface area contributed by atoms with Crippen LogP contribution in [-0.2, 0) is 16.0 Å². The number of hydrogen-bond donors (Lipinski definition) is 1. The second kappa shape index (κ2) is 11.8. The molecule has 8 heteroatoms. The fourth-order valence-electron chi connectivity index (χ4n) is 4.07. The molecular formula is C29H27ClN2O5. The largest absolute Gasteiger partial charge is 0.481 e. The van der Waals surface area contributed by atoms with Gasteiger partial charge >= 0.3 is 12.1 Å². The number of carbonyl (C=O) groups excluding carboxylic acids is 1. The average molecular weight is 519 g/mol. The predicted octanol–water partition coefficient (Wildman–Crippen LogP) is 7.67. The summed E-state index contributed by atoms with van der Waals surface area (Å²) in [6.07, 6.45) is 0.917. The average Bonchev–Trinajstić information content (AvgIpc) is 3.27. The number of halogens is 1. The molecule has 0 bridgehead atoms. The van der Waals surface area contributed by atoms with E-state index >= 15 is 0 Å². The maximum Gasteiger partial charge on any atom is 0.419 e. The van der Waals surface area contributed by atoms with Crippen LogP contribution in [0.5, 0.6) is 0 Å². The van der Waals surface area contributed by atoms with Gasteiger partial charge in [-0.1, -0.05) is 77.4 Å². The second-order valence-corrected chi connectivity index (χ2v) is 8.86. The van der Waals surface area contributed by atoms with Gasteiger partial charge in [0.05, 0.1) is 17.3 Å². The van der Waals surface area contributed by atoms with Crippen molar-refractivity contribution in [1.29, 1.82) is 0 Å². The number of hydrogen-bond acceptors (Lipinski definition) is 5. The lowest BCUT2D eigenvalue weighted by Crippen LogP contribution is -2.27. The van der Waals surface area contributed by atoms with Gasteiger partial charge in [0.15, 0.2) is 5.76 Å². The summed E-state index contributed by atoms with van der Waals surface area (Å²) >= 11 is 6.45. The molecule has 4 rings (SSSR count). The number of carbonyl (C=O) groups is 2. The maximum atomic E-state index is 13.0. The molecule has 1 N–H and O–H groups in total. The van der Waals surface area contributed by atoms with E-state index in [0.29, 0.717) is 34.3 Å². The third-order valence-electron chi connectivity index (χ3n) is 5.89. The first kappa shape index (κ1) is 26.0. The highest BCUT2D eigenvalue weighted by Gasteiger charge is 2.29. The number of para-hydroxylation sites is 1. The number of nitrogens with zero attached hydrogens (tertiary/aromatic N) is 2. The molecule has 0 atom stereocenters. The van der Waals surface area contributed by atoms with Crippen LogP contribution in [0.25, 0.3) is 22.5 Å². The lowest BCUT2D eigenvalue weighted by Gasteiger charge is -2.23. The van der Waals surface area contributed by atoms with E-state index < -0.39 is 12.1 Å². The van der Waals surface area contributed by atoms with E-state index in [1.165, 1.54) is 4.90 Å². The highest BCUT2D eigenvalue weighted by atomic mass is 35.5. The van der Waals surface area contributed by atoms with Crippen LogP contribution in [0.3, 0.4) is 0 Å². The standard InChI is InChI=1S/C29H27ClN2O5/c1-3-36-29(35)32(25-9-5-4-8-24(25)30)27-19(2)31-37-28(27)23-17-15-22(16-18-23)21-13-11-20(12-14-21)7-6-10-26(33)34/h4-5,8-9,11-18H,3,6-7,10H2,1-2H3,(H,33,34). The van der Waals surface area contributed by atoms with Gasteiger partial charge in [-0.2, -0.15) is 0 Å². The summed E-state index contributed by atoms with van der Waals surface area (Å²) in [7, 11) is 0. The summed E-state index contributed by atoms with van der Waals surface area (Å²) < 4.78 is 11.0. The highest BCUT2D eigenvalue weighted by molar-refractivity contribution is 6.34. The zero-order valence-electron chi connectivity index (χ0n) is 20.6. The lowest BCUT2D eigenvalue weighted by molar-refractivity contribution is -0.137. The summed E-state index contributed by atoms with van der Waals surface area (Å²) in [6.45, 7) is 3.70. The number of aromatic nitrogens is 1. The Kier molecular flexibility index (Phi) is 8.25. The summed E-state index contributed by atoms with van der Waals surface area (Å²) in [4.78, 5) is 25.2. The Morgan fingerprint density at radius 2 is 1.59 bits per heavy atom. The molecule has 0 saturated carbocycles. The zero-order valence-corrected chi connectivity index (χ0v) is 21.4. The van der Waals surface area contributed by atoms with E-state index in [1.54, 1.807) is 38.1 Å². The molecule has 190 valence electrons. The normalized spacial score (nSPS) is 10.8. The third kappa shape index (κ3) is 6.01. The van der Waals surface area contributed by atoms with Crippen molar-refractivity contribution in [2.45, 2.75) is 33.1 Å². The minimum absolute atomic E-state index is 0.163. The molecule has 0 spiro atoms. The number of carboxylic acid groups (broad SMARTS) is 1. The van der Waals surface area contributed by atoms with E-state index in [9.17, 15) is 9.59 Å². The SMILES string of the molecule is CCOC(=O)N(c1ccccc1Cl)c1c(C)noc1-c1ccc(-c2ccc(CCCC(=O)O)cc2)cc1. The maximum absolute atomic E-state index is 13.0. The molecule has 0 fully saturated rings. The summed E-state index contributed by atoms with van der Waals surface area (Å²) in [5, 5.41) is 13.3. The van der Waals surface area contributed by atoms with Crippen LogP contribution in [0, 0.1) is 6.92 Å². The molecule has 37 heavy (non-hydrogen) atoms. The van der Waals surface area contributed by atoms with Gasteiger partial charge < -0.3 is 14.4 Å². The zero-order chi connectivity index (χ0) is 26.4. The molecule has 0 unspecified atom stereocenters. The van der Waals surface area contributed by atoms with Gasteiger partial charge in [0.1, 0.15) is 11.4 Å². The Morgan fingerprint density at radius 3 is 2.22 bits per heavy atom. The molecule has 7 nitrogen and oxygen atoms in total. The number of carboxylic acids is 1. The monoisotopic (exact) mass is 518 g/mol. The smallest absolute Gasteiger partial charge is 0.419 e. The van der Waals surface area contributed by atoms with Crippen molar-refractivity contribution < 1.29 is 24.0 Å². The van der Waals surface area contributed by atoms with Gasteiger partial charge in [0.25, 0.3) is 0 Å². The molecule has 0 aliphatic carbocycles. The van der Waals surface area contributed by atoms with Crippen molar-refractivity contribution in [3.8, 4) is 22.5 Å². The van der Waals surface area contributed by atoms with Crippen LogP contribution >= 0.6 is 11.6 Å². The van der Waals surface area contributed by atoms with Gasteiger partial charge in [-0.25, -0.2) is 9.69 Å². The lowest BCUT2D eigenvalue weighted by atomic mass is 10.00. The van der Waals surface area contributed by atoms with Crippen molar-refractivity contribution in [3.63, 3.8) is 0 Å². The van der Waals surface area contributed by atoms with E-state index in [4.69, 9.17) is 26.0 Å². The Bertz CT molecular complexity index is 1380. The second-order valence-electron chi connectivity index (χ2n) is 8.45. The fourth-order valence-corrected chi connectivity index (χ4v) is 4.29. The summed E-state index contributed by atoms with van der Waals surface area (Å²) in [6, 6.07) is 22.9. The topological polar surface area (TPSA) is 92.9 Å². The van der Waals surface area contributed by atoms with Crippen molar-refractivity contribution >= 4 is 35.0 Å². The highest BCUT2D eigenvalue weighted by Crippen LogP contribution is 2.41. The number of amides is 1. The number of anilines is 2. The first-order chi connectivity index (χ1) is 17.9. The Morgan fingerprint density at radius 1 is 0.973 bits per heavy atom. The number of aryl methyl sites for hydroxylation is 2. The first-order valence-electron chi connectivity index (χ1n) is 12.0. The van der Waals surface area contributed by atoms with E-state index in [0.717, 1.165) is 28.7 Å². The quantitative estimate of drug-likeness (QED) is 0.244. The molecule has 1 heterocycles. The van der Waals surface area contributed by atoms with E-state index in [1.807, 2.05) is 48.5 Å². The molecule has 4 aromatic rings. The number of rotatable bonds is 9. The van der Waals surface area contributed by atoms with Gasteiger partial charge in [-0.3, -0.25) is 4.79 Å². The van der Waals surface area contributed by atoms with Crippen molar-refractivity contribution in [2.24, 2.45) is 0 Å². The molecule has 0 saturated heterocycles. The molecule has 3 aromatic carbocycles. The molecule has 0 radical (unpaired) electrons. The van der Waals surface area contributed by atoms with Gasteiger partial charge in [0.2, 0.25) is 0 Å². The van der Waals surface area contributed by atoms with Crippen LogP contribution in [0.15, 0.2) is 77.3 Å². The van der Waals surface area contributed by atoms with Gasteiger partial charge in [-0.05, 0) is 55.5 Å². The minimum Gasteiger partial charge on any atom is -0.481 e. The molecule has 0 aliphatic heterocycles. The number of aliphatic carboxylic acids is 1. The van der Waals surface area contributed by atoms with E-state index in [2.05, 4.69) is 5.16 Å². The molecule has 1 aromatic heterocycles. The van der Waals surface area contributed by atoms with Gasteiger partial charge in [-0.15, -0.1) is 0 Å². The van der Waals surface area contributed by atoms with Crippen molar-refractivity contribution in [1.82, 2.24) is 5.16 Å². The van der Waals surface area contributed by atoms with Crippen LogP contribution < -0.4 is 4.90 Å². The van der Waals surface area contributed by atoms with Crippen molar-refractivity contribution in [2.75, 3.05) is 11.5 Å². The molecular weight excluding hydrogens is 492 g/mol. The summed E-state index contributed by atoms with van der Waals surface area (Å²) in [5.74, 6) is -0.357. The van der Waals surface area contributed by atoms with Crippen LogP contribution in [-0.4, -0.2) is 28.9 Å². The fraction of sp³-hybridized carbons (Fsp3) is 0.207. The number of benzene rings is 3. The Balaban J connectivity index is 1.63. The third-order valence-corrected chi connectivity index (χ3v) is 6.21. The Hall–Kier alpha value is -4.10. The molecule has 1 amide bonds. The van der Waals surface area contributed by atoms with E-state index in [-0.39, 0.29) is 13.0 Å². The van der Waals surface area contributed by atoms with Crippen molar-refractivity contribution in [3.05, 3.63) is 89.1 Å². The van der Waals surface area contributed by atoms with Crippen LogP contribution in [0.1, 0.15) is 31.0 Å². The Labute approximate surface area is 220 Å². The van der Waals surface area contributed by atoms with Crippen LogP contribution in [0.2, 0.25) is 5.02 Å². The molecule has 0 aliphatic rings.